The second kappa shape index (κ2) is 9.62. The molecule has 150 valence electrons. The van der Waals surface area contributed by atoms with Gasteiger partial charge in [0.25, 0.3) is 0 Å². The summed E-state index contributed by atoms with van der Waals surface area (Å²) in [5.74, 6) is -0.712. The molecule has 27 heavy (non-hydrogen) atoms. The van der Waals surface area contributed by atoms with Gasteiger partial charge in [-0.15, -0.1) is 0 Å². The number of amides is 2. The Kier molecular flexibility index (Phi) is 7.51. The van der Waals surface area contributed by atoms with E-state index in [1.165, 1.54) is 6.92 Å². The van der Waals surface area contributed by atoms with Crippen molar-refractivity contribution in [3.05, 3.63) is 35.9 Å². The van der Waals surface area contributed by atoms with E-state index in [0.717, 1.165) is 5.56 Å². The molecular formula is C17H24N2O8. The van der Waals surface area contributed by atoms with Crippen LogP contribution < -0.4 is 10.6 Å². The third-order valence-electron chi connectivity index (χ3n) is 4.12. The van der Waals surface area contributed by atoms with E-state index in [1.54, 1.807) is 24.3 Å². The molecule has 1 aliphatic heterocycles. The summed E-state index contributed by atoms with van der Waals surface area (Å²) in [7, 11) is 0. The molecule has 0 unspecified atom stereocenters. The number of aliphatic hydroxyl groups is 4. The fourth-order valence-corrected chi connectivity index (χ4v) is 2.49. The van der Waals surface area contributed by atoms with Gasteiger partial charge >= 0.3 is 6.09 Å². The maximum atomic E-state index is 12.2. The maximum absolute atomic E-state index is 12.2. The molecule has 10 nitrogen and oxygen atoms in total. The molecule has 1 aliphatic rings. The topological polar surface area (TPSA) is 158 Å². The van der Waals surface area contributed by atoms with Crippen LogP contribution in [0.1, 0.15) is 12.5 Å². The Bertz CT molecular complexity index is 627. The lowest BCUT2D eigenvalue weighted by Crippen LogP contribution is -2.64. The van der Waals surface area contributed by atoms with Gasteiger partial charge in [-0.3, -0.25) is 4.79 Å². The van der Waals surface area contributed by atoms with Crippen LogP contribution in [0.3, 0.4) is 0 Å². The highest BCUT2D eigenvalue weighted by Gasteiger charge is 2.44. The molecule has 6 N–H and O–H groups in total. The van der Waals surface area contributed by atoms with Crippen molar-refractivity contribution < 1.29 is 39.5 Å². The summed E-state index contributed by atoms with van der Waals surface area (Å²) in [5, 5.41) is 43.1. The third kappa shape index (κ3) is 5.62. The summed E-state index contributed by atoms with van der Waals surface area (Å²) in [5.41, 5.74) is 0.783. The van der Waals surface area contributed by atoms with E-state index >= 15 is 0 Å². The van der Waals surface area contributed by atoms with Gasteiger partial charge in [-0.2, -0.15) is 0 Å². The van der Waals surface area contributed by atoms with Gasteiger partial charge in [0.1, 0.15) is 37.1 Å². The molecule has 0 aromatic heterocycles. The van der Waals surface area contributed by atoms with Crippen LogP contribution in [-0.4, -0.2) is 75.7 Å². The second-order valence-corrected chi connectivity index (χ2v) is 6.19. The molecule has 0 saturated carbocycles. The maximum Gasteiger partial charge on any atom is 0.408 e. The standard InChI is InChI=1S/C17H24N2O8/c1-9(18-17(25)26-8-10-5-3-2-4-6-10)15(24)19-16-14(23)13(22)12(21)11(7-20)27-16/h2-6,9,11-14,16,20-23H,7-8H2,1H3,(H,18,25)(H,19,24)/t9-,11+,12+,13-,14+,16+/m0/s1. The van der Waals surface area contributed by atoms with Crippen molar-refractivity contribution in [2.75, 3.05) is 6.61 Å². The number of hydrogen-bond donors (Lipinski definition) is 6. The predicted octanol–water partition coefficient (Wildman–Crippen LogP) is -1.78. The molecule has 1 fully saturated rings. The van der Waals surface area contributed by atoms with Gasteiger partial charge in [0.2, 0.25) is 5.91 Å². The van der Waals surface area contributed by atoms with Crippen LogP contribution in [0, 0.1) is 0 Å². The number of carbonyl (C=O) groups is 2. The molecule has 0 bridgehead atoms. The van der Waals surface area contributed by atoms with Crippen LogP contribution in [0.5, 0.6) is 0 Å². The average Bonchev–Trinajstić information content (AvgIpc) is 2.67. The van der Waals surface area contributed by atoms with Crippen molar-refractivity contribution in [2.45, 2.75) is 50.2 Å². The van der Waals surface area contributed by atoms with E-state index in [4.69, 9.17) is 14.6 Å². The smallest absolute Gasteiger partial charge is 0.408 e. The van der Waals surface area contributed by atoms with Crippen molar-refractivity contribution in [1.82, 2.24) is 10.6 Å². The van der Waals surface area contributed by atoms with Gasteiger partial charge in [-0.25, -0.2) is 4.79 Å². The first kappa shape index (κ1) is 21.1. The quantitative estimate of drug-likeness (QED) is 0.336. The minimum absolute atomic E-state index is 0.0354. The SMILES string of the molecule is C[C@H](NC(=O)OCc1ccccc1)C(=O)N[C@@H]1O[C@H](CO)[C@@H](O)[C@H](O)[C@H]1O. The van der Waals surface area contributed by atoms with Crippen molar-refractivity contribution in [1.29, 1.82) is 0 Å². The highest BCUT2D eigenvalue weighted by molar-refractivity contribution is 5.85. The van der Waals surface area contributed by atoms with Crippen LogP contribution >= 0.6 is 0 Å². The number of hydrogen-bond acceptors (Lipinski definition) is 8. The van der Waals surface area contributed by atoms with Crippen LogP contribution in [-0.2, 0) is 20.9 Å². The summed E-state index contributed by atoms with van der Waals surface area (Å²) in [4.78, 5) is 24.0. The normalized spacial score (nSPS) is 28.9. The summed E-state index contributed by atoms with van der Waals surface area (Å²) >= 11 is 0. The summed E-state index contributed by atoms with van der Waals surface area (Å²) in [6.07, 6.45) is -8.06. The first-order valence-electron chi connectivity index (χ1n) is 8.41. The number of alkyl carbamates (subject to hydrolysis) is 1. The Morgan fingerprint density at radius 3 is 2.44 bits per heavy atom. The molecule has 0 spiro atoms. The van der Waals surface area contributed by atoms with Gasteiger partial charge in [0.05, 0.1) is 6.61 Å². The van der Waals surface area contributed by atoms with Crippen LogP contribution in [0.4, 0.5) is 4.79 Å². The Balaban J connectivity index is 1.82. The second-order valence-electron chi connectivity index (χ2n) is 6.19. The first-order valence-corrected chi connectivity index (χ1v) is 8.41. The van der Waals surface area contributed by atoms with Crippen LogP contribution in [0.25, 0.3) is 0 Å². The molecule has 2 amide bonds. The molecule has 1 saturated heterocycles. The average molecular weight is 384 g/mol. The fourth-order valence-electron chi connectivity index (χ4n) is 2.49. The van der Waals surface area contributed by atoms with E-state index in [9.17, 15) is 24.9 Å². The third-order valence-corrected chi connectivity index (χ3v) is 4.12. The molecule has 1 aromatic rings. The Hall–Kier alpha value is -2.24. The van der Waals surface area contributed by atoms with E-state index in [1.807, 2.05) is 6.07 Å². The number of aliphatic hydroxyl groups excluding tert-OH is 4. The number of carbonyl (C=O) groups excluding carboxylic acids is 2. The molecule has 6 atom stereocenters. The van der Waals surface area contributed by atoms with E-state index in [2.05, 4.69) is 10.6 Å². The zero-order valence-corrected chi connectivity index (χ0v) is 14.7. The molecule has 1 heterocycles. The number of ether oxygens (including phenoxy) is 2. The zero-order chi connectivity index (χ0) is 20.0. The van der Waals surface area contributed by atoms with Crippen molar-refractivity contribution in [3.8, 4) is 0 Å². The monoisotopic (exact) mass is 384 g/mol. The minimum atomic E-state index is -1.61. The lowest BCUT2D eigenvalue weighted by atomic mass is 9.98. The molecular weight excluding hydrogens is 360 g/mol. The Labute approximate surface area is 155 Å². The van der Waals surface area contributed by atoms with Gasteiger partial charge in [0, 0.05) is 0 Å². The molecule has 0 aliphatic carbocycles. The van der Waals surface area contributed by atoms with Gasteiger partial charge in [0.15, 0.2) is 6.23 Å². The fraction of sp³-hybridized carbons (Fsp3) is 0.529. The van der Waals surface area contributed by atoms with Gasteiger partial charge in [-0.1, -0.05) is 30.3 Å². The lowest BCUT2D eigenvalue weighted by molar-refractivity contribution is -0.236. The predicted molar refractivity (Wildman–Crippen MR) is 91.1 cm³/mol. The molecule has 10 heteroatoms. The van der Waals surface area contributed by atoms with E-state index in [-0.39, 0.29) is 6.61 Å². The summed E-state index contributed by atoms with van der Waals surface area (Å²) in [6, 6.07) is 7.96. The number of benzene rings is 1. The minimum Gasteiger partial charge on any atom is -0.445 e. The van der Waals surface area contributed by atoms with Gasteiger partial charge in [-0.05, 0) is 12.5 Å². The Morgan fingerprint density at radius 1 is 1.15 bits per heavy atom. The highest BCUT2D eigenvalue weighted by atomic mass is 16.6. The number of rotatable bonds is 6. The van der Waals surface area contributed by atoms with Crippen LogP contribution in [0.2, 0.25) is 0 Å². The molecule has 2 rings (SSSR count). The molecule has 0 radical (unpaired) electrons. The van der Waals surface area contributed by atoms with E-state index < -0.39 is 55.3 Å². The van der Waals surface area contributed by atoms with E-state index in [0.29, 0.717) is 0 Å². The van der Waals surface area contributed by atoms with Crippen molar-refractivity contribution in [3.63, 3.8) is 0 Å². The molecule has 1 aromatic carbocycles. The Morgan fingerprint density at radius 2 is 1.81 bits per heavy atom. The largest absolute Gasteiger partial charge is 0.445 e. The van der Waals surface area contributed by atoms with Crippen molar-refractivity contribution >= 4 is 12.0 Å². The zero-order valence-electron chi connectivity index (χ0n) is 14.7. The first-order chi connectivity index (χ1) is 12.8. The lowest BCUT2D eigenvalue weighted by Gasteiger charge is -2.40. The van der Waals surface area contributed by atoms with Crippen LogP contribution in [0.15, 0.2) is 30.3 Å². The highest BCUT2D eigenvalue weighted by Crippen LogP contribution is 2.19. The van der Waals surface area contributed by atoms with Crippen molar-refractivity contribution in [2.24, 2.45) is 0 Å². The van der Waals surface area contributed by atoms with Gasteiger partial charge < -0.3 is 40.5 Å². The summed E-state index contributed by atoms with van der Waals surface area (Å²) in [6.45, 7) is 0.813. The number of nitrogens with one attached hydrogen (secondary N) is 2. The summed E-state index contributed by atoms with van der Waals surface area (Å²) < 4.78 is 10.2.